The normalized spacial score (nSPS) is 17.9. The average molecular weight is 513 g/mol. The number of carboxylic acids is 2. The number of carbonyl (C=O) groups is 5. The Morgan fingerprint density at radius 1 is 1.20 bits per heavy atom. The lowest BCUT2D eigenvalue weighted by Crippen LogP contribution is -2.57. The molecule has 7 N–H and O–H groups in total. The van der Waals surface area contributed by atoms with E-state index in [1.807, 2.05) is 6.26 Å². The van der Waals surface area contributed by atoms with Gasteiger partial charge in [-0.05, 0) is 37.7 Å². The second-order valence-electron chi connectivity index (χ2n) is 8.25. The molecule has 0 radical (unpaired) electrons. The van der Waals surface area contributed by atoms with Crippen molar-refractivity contribution in [1.29, 1.82) is 0 Å². The number of aromatic amines is 1. The van der Waals surface area contributed by atoms with Crippen LogP contribution in [0.15, 0.2) is 12.5 Å². The molecule has 35 heavy (non-hydrogen) atoms. The van der Waals surface area contributed by atoms with E-state index in [9.17, 15) is 29.1 Å². The Hall–Kier alpha value is -3.13. The van der Waals surface area contributed by atoms with Crippen LogP contribution in [0.4, 0.5) is 0 Å². The van der Waals surface area contributed by atoms with E-state index in [-0.39, 0.29) is 25.8 Å². The van der Waals surface area contributed by atoms with Gasteiger partial charge in [-0.15, -0.1) is 0 Å². The molecular weight excluding hydrogens is 480 g/mol. The van der Waals surface area contributed by atoms with E-state index in [0.717, 1.165) is 4.90 Å². The first-order valence-corrected chi connectivity index (χ1v) is 12.6. The molecule has 0 saturated carbocycles. The van der Waals surface area contributed by atoms with E-state index in [2.05, 4.69) is 20.6 Å². The molecule has 3 amide bonds. The lowest BCUT2D eigenvalue weighted by molar-refractivity contribution is -0.150. The number of imidazole rings is 1. The summed E-state index contributed by atoms with van der Waals surface area (Å²) in [6.45, 7) is 0.188. The van der Waals surface area contributed by atoms with Crippen molar-refractivity contribution in [2.45, 2.75) is 62.7 Å². The molecule has 1 fully saturated rings. The summed E-state index contributed by atoms with van der Waals surface area (Å²) in [4.78, 5) is 69.5. The third-order valence-electron chi connectivity index (χ3n) is 5.66. The summed E-state index contributed by atoms with van der Waals surface area (Å²) in [7, 11) is 0. The number of carboxylic acid groups (broad SMARTS) is 2. The lowest BCUT2D eigenvalue weighted by atomic mass is 10.1. The highest BCUT2D eigenvalue weighted by molar-refractivity contribution is 7.98. The Labute approximate surface area is 206 Å². The summed E-state index contributed by atoms with van der Waals surface area (Å²) in [5.74, 6) is -3.62. The maximum absolute atomic E-state index is 13.2. The number of aromatic nitrogens is 2. The van der Waals surface area contributed by atoms with Crippen LogP contribution in [0.25, 0.3) is 0 Å². The van der Waals surface area contributed by atoms with Gasteiger partial charge in [-0.1, -0.05) is 0 Å². The van der Waals surface area contributed by atoms with E-state index in [0.29, 0.717) is 24.3 Å². The van der Waals surface area contributed by atoms with Crippen molar-refractivity contribution in [1.82, 2.24) is 25.5 Å². The molecule has 1 aliphatic heterocycles. The zero-order chi connectivity index (χ0) is 26.0. The van der Waals surface area contributed by atoms with Crippen LogP contribution < -0.4 is 16.4 Å². The van der Waals surface area contributed by atoms with Gasteiger partial charge < -0.3 is 36.5 Å². The maximum atomic E-state index is 13.2. The van der Waals surface area contributed by atoms with Crippen LogP contribution in [0.3, 0.4) is 0 Å². The van der Waals surface area contributed by atoms with Gasteiger partial charge in [-0.25, -0.2) is 9.78 Å². The summed E-state index contributed by atoms with van der Waals surface area (Å²) < 4.78 is 0. The van der Waals surface area contributed by atoms with Gasteiger partial charge in [0.1, 0.15) is 18.1 Å². The van der Waals surface area contributed by atoms with Crippen molar-refractivity contribution in [3.63, 3.8) is 0 Å². The molecule has 194 valence electrons. The van der Waals surface area contributed by atoms with Gasteiger partial charge in [0, 0.05) is 31.3 Å². The predicted molar refractivity (Wildman–Crippen MR) is 126 cm³/mol. The van der Waals surface area contributed by atoms with E-state index in [1.54, 1.807) is 0 Å². The van der Waals surface area contributed by atoms with Gasteiger partial charge in [0.25, 0.3) is 0 Å². The predicted octanol–water partition coefficient (Wildman–Crippen LogP) is -1.06. The molecule has 1 aromatic rings. The Balaban J connectivity index is 2.19. The number of nitrogens with one attached hydrogen (secondary N) is 3. The molecule has 2 rings (SSSR count). The van der Waals surface area contributed by atoms with Crippen LogP contribution in [0.1, 0.15) is 37.8 Å². The van der Waals surface area contributed by atoms with Crippen molar-refractivity contribution in [3.05, 3.63) is 18.2 Å². The van der Waals surface area contributed by atoms with E-state index in [4.69, 9.17) is 10.8 Å². The van der Waals surface area contributed by atoms with Crippen LogP contribution in [-0.2, 0) is 30.4 Å². The first-order valence-electron chi connectivity index (χ1n) is 11.2. The first-order chi connectivity index (χ1) is 16.6. The Morgan fingerprint density at radius 2 is 1.91 bits per heavy atom. The summed E-state index contributed by atoms with van der Waals surface area (Å²) in [6.07, 6.45) is 5.29. The van der Waals surface area contributed by atoms with Crippen LogP contribution in [0, 0.1) is 0 Å². The van der Waals surface area contributed by atoms with Gasteiger partial charge in [0.15, 0.2) is 0 Å². The molecule has 1 aromatic heterocycles. The maximum Gasteiger partial charge on any atom is 0.326 e. The van der Waals surface area contributed by atoms with Gasteiger partial charge in [-0.2, -0.15) is 11.8 Å². The number of nitrogens with two attached hydrogens (primary N) is 1. The van der Waals surface area contributed by atoms with Crippen molar-refractivity contribution < 1.29 is 34.2 Å². The number of H-pyrrole nitrogens is 1. The first kappa shape index (κ1) is 28.1. The third-order valence-corrected chi connectivity index (χ3v) is 6.31. The number of likely N-dealkylation sites (tertiary alicyclic amines) is 1. The molecule has 0 bridgehead atoms. The molecule has 0 aliphatic carbocycles. The highest BCUT2D eigenvalue weighted by Crippen LogP contribution is 2.20. The Morgan fingerprint density at radius 3 is 2.51 bits per heavy atom. The Bertz CT molecular complexity index is 897. The molecule has 1 aliphatic rings. The van der Waals surface area contributed by atoms with E-state index < -0.39 is 60.2 Å². The van der Waals surface area contributed by atoms with Crippen molar-refractivity contribution in [3.8, 4) is 0 Å². The second-order valence-corrected chi connectivity index (χ2v) is 9.24. The summed E-state index contributed by atoms with van der Waals surface area (Å²) >= 11 is 1.53. The number of hydrogen-bond acceptors (Lipinski definition) is 8. The zero-order valence-electron chi connectivity index (χ0n) is 19.4. The summed E-state index contributed by atoms with van der Waals surface area (Å²) in [6, 6.07) is -4.28. The van der Waals surface area contributed by atoms with Gasteiger partial charge in [0.2, 0.25) is 17.7 Å². The molecule has 2 heterocycles. The van der Waals surface area contributed by atoms with Crippen LogP contribution in [0.2, 0.25) is 0 Å². The number of carbonyl (C=O) groups excluding carboxylic acids is 3. The number of rotatable bonds is 14. The minimum atomic E-state index is -1.27. The molecule has 1 saturated heterocycles. The highest BCUT2D eigenvalue weighted by Gasteiger charge is 2.38. The van der Waals surface area contributed by atoms with Crippen molar-refractivity contribution in [2.24, 2.45) is 5.73 Å². The smallest absolute Gasteiger partial charge is 0.326 e. The fourth-order valence-electron chi connectivity index (χ4n) is 3.77. The average Bonchev–Trinajstić information content (AvgIpc) is 3.51. The fourth-order valence-corrected chi connectivity index (χ4v) is 4.25. The van der Waals surface area contributed by atoms with Gasteiger partial charge >= 0.3 is 11.9 Å². The molecular formula is C21H32N6O7S. The van der Waals surface area contributed by atoms with Crippen molar-refractivity contribution in [2.75, 3.05) is 18.6 Å². The molecule has 13 nitrogen and oxygen atoms in total. The second kappa shape index (κ2) is 13.7. The highest BCUT2D eigenvalue weighted by atomic mass is 32.2. The fraction of sp³-hybridized carbons (Fsp3) is 0.619. The number of aliphatic carboxylic acids is 2. The number of amides is 3. The topological polar surface area (TPSA) is 208 Å². The minimum absolute atomic E-state index is 0.0220. The number of hydrogen-bond donors (Lipinski definition) is 6. The number of nitrogens with zero attached hydrogens (tertiary/aromatic N) is 2. The molecule has 4 atom stereocenters. The van der Waals surface area contributed by atoms with Crippen LogP contribution in [0.5, 0.6) is 0 Å². The van der Waals surface area contributed by atoms with E-state index >= 15 is 0 Å². The summed E-state index contributed by atoms with van der Waals surface area (Å²) in [5, 5.41) is 23.6. The lowest BCUT2D eigenvalue weighted by Gasteiger charge is -2.28. The van der Waals surface area contributed by atoms with Gasteiger partial charge in [-0.3, -0.25) is 19.2 Å². The third kappa shape index (κ3) is 8.55. The quantitative estimate of drug-likeness (QED) is 0.178. The largest absolute Gasteiger partial charge is 0.481 e. The summed E-state index contributed by atoms with van der Waals surface area (Å²) in [5.41, 5.74) is 6.47. The molecule has 0 spiro atoms. The SMILES string of the molecule is CSCCC(N)C(=O)NC(Cc1cnc[nH]1)C(=O)NC(CCC(=O)O)C(=O)N1CCCC1C(=O)O. The van der Waals surface area contributed by atoms with Crippen molar-refractivity contribution >= 4 is 41.4 Å². The van der Waals surface area contributed by atoms with Crippen LogP contribution >= 0.6 is 11.8 Å². The van der Waals surface area contributed by atoms with E-state index in [1.165, 1.54) is 24.3 Å². The molecule has 4 unspecified atom stereocenters. The standard InChI is InChI=1S/C21H32N6O7S/c1-35-8-6-13(22)18(30)26-15(9-12-10-23-11-24-12)19(31)25-14(4-5-17(28)29)20(32)27-7-2-3-16(27)21(33)34/h10-11,13-16H,2-9,22H2,1H3,(H,23,24)(H,25,31)(H,26,30)(H,28,29)(H,33,34). The zero-order valence-corrected chi connectivity index (χ0v) is 20.3. The number of thioether (sulfide) groups is 1. The van der Waals surface area contributed by atoms with Gasteiger partial charge in [0.05, 0.1) is 12.4 Å². The molecule has 0 aromatic carbocycles. The Kier molecular flexibility index (Phi) is 11.0. The monoisotopic (exact) mass is 512 g/mol. The van der Waals surface area contributed by atoms with Crippen LogP contribution in [-0.4, -0.2) is 97.5 Å². The molecule has 14 heteroatoms. The minimum Gasteiger partial charge on any atom is -0.481 e.